The van der Waals surface area contributed by atoms with Gasteiger partial charge < -0.3 is 0 Å². The van der Waals surface area contributed by atoms with E-state index in [0.717, 1.165) is 13.1 Å². The van der Waals surface area contributed by atoms with Crippen LogP contribution in [0.4, 0.5) is 0 Å². The molecule has 3 aromatic rings. The summed E-state index contributed by atoms with van der Waals surface area (Å²) in [6.07, 6.45) is 7.46. The topological polar surface area (TPSA) is 8.81 Å². The number of rotatable bonds is 3. The standard InChI is InChI=1S/C22H25N2/c1-18-10-7-8-13-20(18)16-23-17-21(19-11-4-2-5-12-19)24-15-9-3-6-14-22(23)24/h2,4-5,7-8,10-13,17H,3,6,9,14-16H2,1H3/q+1. The maximum absolute atomic E-state index is 2.56. The van der Waals surface area contributed by atoms with Crippen LogP contribution in [-0.2, 0) is 19.5 Å². The Balaban J connectivity index is 1.80. The van der Waals surface area contributed by atoms with Crippen LogP contribution in [0.5, 0.6) is 0 Å². The quantitative estimate of drug-likeness (QED) is 0.628. The third-order valence-electron chi connectivity index (χ3n) is 5.17. The van der Waals surface area contributed by atoms with Crippen molar-refractivity contribution in [1.82, 2.24) is 4.57 Å². The number of fused-ring (bicyclic) bond motifs is 1. The number of nitrogens with zero attached hydrogens (tertiary/aromatic N) is 2. The molecule has 0 bridgehead atoms. The Morgan fingerprint density at radius 3 is 2.54 bits per heavy atom. The van der Waals surface area contributed by atoms with Crippen molar-refractivity contribution in [2.45, 2.75) is 45.7 Å². The third-order valence-corrected chi connectivity index (χ3v) is 5.17. The van der Waals surface area contributed by atoms with Crippen LogP contribution in [0, 0.1) is 6.92 Å². The number of aryl methyl sites for hydroxylation is 1. The van der Waals surface area contributed by atoms with Crippen molar-refractivity contribution in [2.24, 2.45) is 0 Å². The van der Waals surface area contributed by atoms with Gasteiger partial charge in [-0.05, 0) is 37.3 Å². The van der Waals surface area contributed by atoms with Gasteiger partial charge in [-0.1, -0.05) is 54.6 Å². The van der Waals surface area contributed by atoms with Crippen LogP contribution in [0.15, 0.2) is 60.8 Å². The summed E-state index contributed by atoms with van der Waals surface area (Å²) in [5, 5.41) is 0. The fourth-order valence-corrected chi connectivity index (χ4v) is 3.79. The number of hydrogen-bond acceptors (Lipinski definition) is 0. The number of benzene rings is 2. The molecule has 0 atom stereocenters. The van der Waals surface area contributed by atoms with E-state index in [-0.39, 0.29) is 0 Å². The molecule has 122 valence electrons. The van der Waals surface area contributed by atoms with Gasteiger partial charge in [-0.25, -0.2) is 9.13 Å². The van der Waals surface area contributed by atoms with Gasteiger partial charge in [0.15, 0.2) is 5.69 Å². The van der Waals surface area contributed by atoms with E-state index in [1.807, 2.05) is 0 Å². The third kappa shape index (κ3) is 2.89. The molecular formula is C22H25N2+. The Labute approximate surface area is 144 Å². The maximum Gasteiger partial charge on any atom is 0.257 e. The lowest BCUT2D eigenvalue weighted by Crippen LogP contribution is -2.37. The monoisotopic (exact) mass is 317 g/mol. The molecule has 2 heterocycles. The predicted molar refractivity (Wildman–Crippen MR) is 97.9 cm³/mol. The lowest BCUT2D eigenvalue weighted by atomic mass is 10.1. The van der Waals surface area contributed by atoms with Gasteiger partial charge in [0.05, 0.1) is 6.54 Å². The number of imidazole rings is 1. The fraction of sp³-hybridized carbons (Fsp3) is 0.318. The molecule has 24 heavy (non-hydrogen) atoms. The molecule has 0 saturated heterocycles. The molecule has 0 fully saturated rings. The molecule has 4 rings (SSSR count). The minimum atomic E-state index is 0.967. The van der Waals surface area contributed by atoms with Crippen molar-refractivity contribution in [3.63, 3.8) is 0 Å². The molecule has 0 spiro atoms. The zero-order valence-corrected chi connectivity index (χ0v) is 14.4. The lowest BCUT2D eigenvalue weighted by molar-refractivity contribution is -0.695. The summed E-state index contributed by atoms with van der Waals surface area (Å²) in [4.78, 5) is 0. The molecule has 2 heteroatoms. The van der Waals surface area contributed by atoms with E-state index in [2.05, 4.69) is 76.9 Å². The first-order valence-corrected chi connectivity index (χ1v) is 9.05. The van der Waals surface area contributed by atoms with Gasteiger partial charge in [0, 0.05) is 12.0 Å². The van der Waals surface area contributed by atoms with Gasteiger partial charge in [-0.15, -0.1) is 0 Å². The smallest absolute Gasteiger partial charge is 0.229 e. The zero-order chi connectivity index (χ0) is 16.4. The summed E-state index contributed by atoms with van der Waals surface area (Å²) in [6.45, 7) is 4.32. The molecule has 0 N–H and O–H groups in total. The molecule has 0 amide bonds. The van der Waals surface area contributed by atoms with Gasteiger partial charge >= 0.3 is 0 Å². The lowest BCUT2D eigenvalue weighted by Gasteiger charge is -2.05. The molecule has 2 nitrogen and oxygen atoms in total. The largest absolute Gasteiger partial charge is 0.257 e. The molecule has 0 saturated carbocycles. The summed E-state index contributed by atoms with van der Waals surface area (Å²) in [6, 6.07) is 19.6. The summed E-state index contributed by atoms with van der Waals surface area (Å²) < 4.78 is 5.04. The van der Waals surface area contributed by atoms with Crippen molar-refractivity contribution in [2.75, 3.05) is 0 Å². The first-order valence-electron chi connectivity index (χ1n) is 9.05. The van der Waals surface area contributed by atoms with Crippen LogP contribution in [-0.4, -0.2) is 4.57 Å². The highest BCUT2D eigenvalue weighted by atomic mass is 15.2. The van der Waals surface area contributed by atoms with Crippen molar-refractivity contribution in [3.8, 4) is 11.3 Å². The highest BCUT2D eigenvalue weighted by Crippen LogP contribution is 2.24. The van der Waals surface area contributed by atoms with Crippen LogP contribution >= 0.6 is 0 Å². The SMILES string of the molecule is Cc1ccccc1C[n+]1cc(-c2ccccc2)n2c1CCCCC2. The molecule has 1 aliphatic rings. The predicted octanol–water partition coefficient (Wildman–Crippen LogP) is 4.53. The highest BCUT2D eigenvalue weighted by molar-refractivity contribution is 5.58. The van der Waals surface area contributed by atoms with E-state index >= 15 is 0 Å². The zero-order valence-electron chi connectivity index (χ0n) is 14.4. The molecule has 1 aromatic heterocycles. The van der Waals surface area contributed by atoms with Crippen molar-refractivity contribution in [3.05, 3.63) is 77.7 Å². The first-order chi connectivity index (χ1) is 11.8. The fourth-order valence-electron chi connectivity index (χ4n) is 3.79. The van der Waals surface area contributed by atoms with Gasteiger partial charge in [-0.2, -0.15) is 0 Å². The number of hydrogen-bond donors (Lipinski definition) is 0. The van der Waals surface area contributed by atoms with Crippen LogP contribution < -0.4 is 4.57 Å². The average molecular weight is 317 g/mol. The van der Waals surface area contributed by atoms with E-state index in [1.165, 1.54) is 53.9 Å². The maximum atomic E-state index is 2.56. The van der Waals surface area contributed by atoms with Crippen molar-refractivity contribution < 1.29 is 4.57 Å². The minimum Gasteiger partial charge on any atom is -0.229 e. The van der Waals surface area contributed by atoms with E-state index in [1.54, 1.807) is 0 Å². The van der Waals surface area contributed by atoms with E-state index < -0.39 is 0 Å². The normalized spacial score (nSPS) is 14.2. The van der Waals surface area contributed by atoms with E-state index in [0.29, 0.717) is 0 Å². The second kappa shape index (κ2) is 6.64. The Hall–Kier alpha value is -2.35. The van der Waals surface area contributed by atoms with Gasteiger partial charge in [0.1, 0.15) is 12.7 Å². The molecule has 2 aromatic carbocycles. The first kappa shape index (κ1) is 15.2. The van der Waals surface area contributed by atoms with Crippen molar-refractivity contribution >= 4 is 0 Å². The van der Waals surface area contributed by atoms with Gasteiger partial charge in [-0.3, -0.25) is 0 Å². The van der Waals surface area contributed by atoms with Crippen LogP contribution in [0.1, 0.15) is 36.2 Å². The molecule has 1 aliphatic heterocycles. The Kier molecular flexibility index (Phi) is 4.20. The molecule has 0 unspecified atom stereocenters. The van der Waals surface area contributed by atoms with E-state index in [9.17, 15) is 0 Å². The highest BCUT2D eigenvalue weighted by Gasteiger charge is 2.25. The average Bonchev–Trinajstić information content (AvgIpc) is 2.79. The second-order valence-electron chi connectivity index (χ2n) is 6.81. The van der Waals surface area contributed by atoms with E-state index in [4.69, 9.17) is 0 Å². The molecular weight excluding hydrogens is 292 g/mol. The Morgan fingerprint density at radius 1 is 0.917 bits per heavy atom. The number of aromatic nitrogens is 2. The molecule has 0 aliphatic carbocycles. The van der Waals surface area contributed by atoms with Gasteiger partial charge in [0.2, 0.25) is 0 Å². The van der Waals surface area contributed by atoms with Crippen molar-refractivity contribution in [1.29, 1.82) is 0 Å². The Morgan fingerprint density at radius 2 is 1.71 bits per heavy atom. The molecule has 0 radical (unpaired) electrons. The summed E-state index contributed by atoms with van der Waals surface area (Å²) in [5.74, 6) is 1.48. The van der Waals surface area contributed by atoms with Crippen LogP contribution in [0.2, 0.25) is 0 Å². The Bertz CT molecular complexity index is 830. The van der Waals surface area contributed by atoms with Crippen LogP contribution in [0.25, 0.3) is 11.3 Å². The van der Waals surface area contributed by atoms with Crippen LogP contribution in [0.3, 0.4) is 0 Å². The minimum absolute atomic E-state index is 0.967. The van der Waals surface area contributed by atoms with Gasteiger partial charge in [0.25, 0.3) is 5.82 Å². The summed E-state index contributed by atoms with van der Waals surface area (Å²) in [7, 11) is 0. The summed E-state index contributed by atoms with van der Waals surface area (Å²) >= 11 is 0. The summed E-state index contributed by atoms with van der Waals surface area (Å²) in [5.41, 5.74) is 5.48. The second-order valence-corrected chi connectivity index (χ2v) is 6.81.